The van der Waals surface area contributed by atoms with Crippen molar-refractivity contribution in [3.8, 4) is 0 Å². The maximum absolute atomic E-state index is 13.1. The highest BCUT2D eigenvalue weighted by Gasteiger charge is 2.48. The molecule has 1 heterocycles. The van der Waals surface area contributed by atoms with Gasteiger partial charge in [-0.3, -0.25) is 9.35 Å². The van der Waals surface area contributed by atoms with Crippen LogP contribution >= 0.6 is 0 Å². The van der Waals surface area contributed by atoms with Crippen molar-refractivity contribution in [2.75, 3.05) is 13.2 Å². The Hall–Kier alpha value is -1.46. The van der Waals surface area contributed by atoms with Crippen LogP contribution in [0.15, 0.2) is 24.3 Å². The Morgan fingerprint density at radius 3 is 1.65 bits per heavy atom. The molecule has 0 aliphatic carbocycles. The number of hydrogen-bond donors (Lipinski definition) is 7. The number of ether oxygens (including phenoxy) is 2. The normalized spacial score (nSPS) is 22.0. The zero-order valence-electron chi connectivity index (χ0n) is 35.3. The average molecular weight is 836 g/mol. The van der Waals surface area contributed by atoms with Crippen LogP contribution in [0, 0.1) is 0 Å². The van der Waals surface area contributed by atoms with Gasteiger partial charge in [-0.1, -0.05) is 160 Å². The summed E-state index contributed by atoms with van der Waals surface area (Å²) in [5.74, 6) is -0.708. The molecule has 0 radical (unpaired) electrons. The van der Waals surface area contributed by atoms with Crippen molar-refractivity contribution in [2.24, 2.45) is 0 Å². The average Bonchev–Trinajstić information content (AvgIpc) is 3.18. The van der Waals surface area contributed by atoms with Crippen LogP contribution in [0.5, 0.6) is 0 Å². The Balaban J connectivity index is 2.63. The number of allylic oxidation sites excluding steroid dienone is 3. The van der Waals surface area contributed by atoms with Crippen molar-refractivity contribution < 1.29 is 57.0 Å². The molecule has 57 heavy (non-hydrogen) atoms. The topological polar surface area (TPSA) is 212 Å². The van der Waals surface area contributed by atoms with E-state index in [0.29, 0.717) is 12.8 Å². The zero-order chi connectivity index (χ0) is 42.2. The zero-order valence-corrected chi connectivity index (χ0v) is 36.1. The fourth-order valence-electron chi connectivity index (χ4n) is 6.98. The van der Waals surface area contributed by atoms with Gasteiger partial charge in [-0.05, 0) is 44.9 Å². The molecular formula is C43H81NO12S. The number of carbonyl (C=O) groups is 1. The molecular weight excluding hydrogens is 755 g/mol. The number of aliphatic hydroxyl groups excluding tert-OH is 5. The van der Waals surface area contributed by atoms with Crippen LogP contribution in [0.25, 0.3) is 0 Å². The van der Waals surface area contributed by atoms with Crippen LogP contribution < -0.4 is 5.32 Å². The van der Waals surface area contributed by atoms with E-state index in [1.54, 1.807) is 0 Å². The fraction of sp³-hybridized carbons (Fsp3) is 0.884. The first-order valence-electron chi connectivity index (χ1n) is 22.3. The monoisotopic (exact) mass is 836 g/mol. The lowest BCUT2D eigenvalue weighted by Crippen LogP contribution is -2.61. The molecule has 0 saturated carbocycles. The Morgan fingerprint density at radius 2 is 1.16 bits per heavy atom. The molecule has 8 atom stereocenters. The quantitative estimate of drug-likeness (QED) is 0.0189. The first kappa shape index (κ1) is 53.6. The van der Waals surface area contributed by atoms with E-state index in [0.717, 1.165) is 64.2 Å². The predicted molar refractivity (Wildman–Crippen MR) is 224 cm³/mol. The molecule has 1 aliphatic heterocycles. The Bertz CT molecular complexity index is 1140. The van der Waals surface area contributed by atoms with E-state index >= 15 is 0 Å². The van der Waals surface area contributed by atoms with Crippen LogP contribution in [-0.4, -0.2) is 107 Å². The second-order valence-electron chi connectivity index (χ2n) is 15.8. The molecule has 1 rings (SSSR count). The van der Waals surface area contributed by atoms with E-state index in [1.807, 2.05) is 6.08 Å². The number of rotatable bonds is 37. The van der Waals surface area contributed by atoms with E-state index in [9.17, 15) is 38.7 Å². The minimum atomic E-state index is -5.11. The van der Waals surface area contributed by atoms with Crippen molar-refractivity contribution in [2.45, 2.75) is 230 Å². The van der Waals surface area contributed by atoms with Crippen LogP contribution in [-0.2, 0) is 28.9 Å². The summed E-state index contributed by atoms with van der Waals surface area (Å²) in [6.45, 7) is 3.18. The molecule has 14 heteroatoms. The lowest BCUT2D eigenvalue weighted by atomic mass is 9.99. The van der Waals surface area contributed by atoms with Gasteiger partial charge in [0.2, 0.25) is 5.91 Å². The van der Waals surface area contributed by atoms with Crippen molar-refractivity contribution in [3.63, 3.8) is 0 Å². The summed E-state index contributed by atoms with van der Waals surface area (Å²) >= 11 is 0. The Morgan fingerprint density at radius 1 is 0.702 bits per heavy atom. The molecule has 1 aliphatic rings. The molecule has 13 nitrogen and oxygen atoms in total. The van der Waals surface area contributed by atoms with Crippen molar-refractivity contribution in [1.82, 2.24) is 5.32 Å². The van der Waals surface area contributed by atoms with E-state index in [1.165, 1.54) is 89.5 Å². The Kier molecular flexibility index (Phi) is 32.2. The molecule has 7 N–H and O–H groups in total. The molecule has 1 saturated heterocycles. The second-order valence-corrected chi connectivity index (χ2v) is 16.8. The molecule has 0 bridgehead atoms. The highest BCUT2D eigenvalue weighted by Crippen LogP contribution is 2.26. The van der Waals surface area contributed by atoms with E-state index in [-0.39, 0.29) is 6.42 Å². The predicted octanol–water partition coefficient (Wildman–Crippen LogP) is 7.13. The smallest absolute Gasteiger partial charge is 0.394 e. The molecule has 0 spiro atoms. The van der Waals surface area contributed by atoms with Gasteiger partial charge in [0, 0.05) is 0 Å². The summed E-state index contributed by atoms with van der Waals surface area (Å²) in [5.41, 5.74) is 0. The summed E-state index contributed by atoms with van der Waals surface area (Å²) in [6.07, 6.45) is 25.4. The van der Waals surface area contributed by atoms with Crippen molar-refractivity contribution in [3.05, 3.63) is 24.3 Å². The van der Waals surface area contributed by atoms with Gasteiger partial charge >= 0.3 is 10.4 Å². The number of unbranched alkanes of at least 4 members (excludes halogenated alkanes) is 22. The summed E-state index contributed by atoms with van der Waals surface area (Å²) in [4.78, 5) is 13.1. The molecule has 336 valence electrons. The maximum Gasteiger partial charge on any atom is 0.397 e. The van der Waals surface area contributed by atoms with Crippen molar-refractivity contribution in [1.29, 1.82) is 0 Å². The first-order chi connectivity index (χ1) is 27.4. The van der Waals surface area contributed by atoms with Crippen LogP contribution in [0.1, 0.15) is 181 Å². The molecule has 8 unspecified atom stereocenters. The fourth-order valence-corrected chi connectivity index (χ4v) is 7.49. The minimum absolute atomic E-state index is 0.236. The summed E-state index contributed by atoms with van der Waals surface area (Å²) in [5, 5.41) is 55.1. The van der Waals surface area contributed by atoms with E-state index in [4.69, 9.17) is 14.0 Å². The summed E-state index contributed by atoms with van der Waals surface area (Å²) in [7, 11) is -5.11. The van der Waals surface area contributed by atoms with Gasteiger partial charge in [0.1, 0.15) is 30.5 Å². The molecule has 0 aromatic rings. The second kappa shape index (κ2) is 34.3. The van der Waals surface area contributed by atoms with Crippen LogP contribution in [0.2, 0.25) is 0 Å². The van der Waals surface area contributed by atoms with Gasteiger partial charge in [-0.25, -0.2) is 4.18 Å². The van der Waals surface area contributed by atoms with Crippen LogP contribution in [0.4, 0.5) is 0 Å². The Labute approximate surface area is 345 Å². The first-order valence-corrected chi connectivity index (χ1v) is 23.7. The third kappa shape index (κ3) is 27.1. The third-order valence-corrected chi connectivity index (χ3v) is 11.0. The number of carbonyl (C=O) groups excluding carboxylic acids is 1. The SMILES string of the molecule is CCCCCC/C=C\CCCCCCCCC(O)C(=O)NC(COC1OC(CO)C(O)C(OS(=O)(=O)O)C1O)C(O)/C=C/CCCCCCCCCCCCCC. The lowest BCUT2D eigenvalue weighted by Gasteiger charge is -2.41. The van der Waals surface area contributed by atoms with Gasteiger partial charge < -0.3 is 40.3 Å². The van der Waals surface area contributed by atoms with E-state index in [2.05, 4.69) is 35.5 Å². The summed E-state index contributed by atoms with van der Waals surface area (Å²) in [6, 6.07) is -1.12. The number of nitrogens with one attached hydrogen (secondary N) is 1. The molecule has 0 aromatic heterocycles. The largest absolute Gasteiger partial charge is 0.397 e. The number of amides is 1. The van der Waals surface area contributed by atoms with Gasteiger partial charge in [-0.2, -0.15) is 8.42 Å². The standard InChI is InChI=1S/C43H81NO12S/c1-3-5-7-9-11-13-15-17-19-21-23-25-27-29-31-36(46)35(34-54-43-40(49)41(56-57(51,52)53)39(48)38(33-45)55-43)44-42(50)37(47)32-30-28-26-24-22-20-18-16-14-12-10-8-6-4-2/h14,16,29,31,35-41,43,45-49H,3-13,15,17-28,30,32-34H2,1-2H3,(H,44,50)(H,51,52,53)/b16-14-,31-29+. The molecule has 0 aromatic carbocycles. The third-order valence-electron chi connectivity index (χ3n) is 10.6. The highest BCUT2D eigenvalue weighted by molar-refractivity contribution is 7.80. The van der Waals surface area contributed by atoms with Gasteiger partial charge in [-0.15, -0.1) is 0 Å². The minimum Gasteiger partial charge on any atom is -0.394 e. The van der Waals surface area contributed by atoms with Crippen molar-refractivity contribution >= 4 is 16.3 Å². The van der Waals surface area contributed by atoms with Gasteiger partial charge in [0.15, 0.2) is 6.29 Å². The van der Waals surface area contributed by atoms with Gasteiger partial charge in [0.05, 0.1) is 25.4 Å². The lowest BCUT2D eigenvalue weighted by molar-refractivity contribution is -0.298. The number of hydrogen-bond acceptors (Lipinski definition) is 11. The molecule has 1 fully saturated rings. The maximum atomic E-state index is 13.1. The van der Waals surface area contributed by atoms with Gasteiger partial charge in [0.25, 0.3) is 0 Å². The van der Waals surface area contributed by atoms with Crippen LogP contribution in [0.3, 0.4) is 0 Å². The van der Waals surface area contributed by atoms with E-state index < -0.39 is 78.5 Å². The number of aliphatic hydroxyl groups is 5. The highest BCUT2D eigenvalue weighted by atomic mass is 32.3. The summed E-state index contributed by atoms with van der Waals surface area (Å²) < 4.78 is 47.4. The molecule has 1 amide bonds.